The van der Waals surface area contributed by atoms with E-state index in [1.807, 2.05) is 0 Å². The second-order valence-corrected chi connectivity index (χ2v) is 3.63. The first-order chi connectivity index (χ1) is 5.27. The van der Waals surface area contributed by atoms with Crippen molar-refractivity contribution in [2.45, 2.75) is 6.42 Å². The number of fused-ring (bicyclic) bond motifs is 1. The molecule has 1 saturated heterocycles. The van der Waals surface area contributed by atoms with Gasteiger partial charge in [0.15, 0.2) is 5.78 Å². The summed E-state index contributed by atoms with van der Waals surface area (Å²) in [4.78, 5) is 23.7. The standard InChI is InChI=1S/C7H7NO2S/c9-5-3-6(10)8-1-2-11-7(8)4-5/h4H,1-3H2. The second kappa shape index (κ2) is 2.37. The largest absolute Gasteiger partial charge is 0.305 e. The Morgan fingerprint density at radius 2 is 2.27 bits per heavy atom. The summed E-state index contributed by atoms with van der Waals surface area (Å²) in [7, 11) is 0. The van der Waals surface area contributed by atoms with Crippen LogP contribution in [-0.4, -0.2) is 28.9 Å². The molecule has 2 heterocycles. The lowest BCUT2D eigenvalue weighted by Crippen LogP contribution is -2.31. The third-order valence-corrected chi connectivity index (χ3v) is 2.76. The predicted molar refractivity (Wildman–Crippen MR) is 41.9 cm³/mol. The molecule has 0 aromatic heterocycles. The van der Waals surface area contributed by atoms with Gasteiger partial charge in [0.05, 0.1) is 11.4 Å². The van der Waals surface area contributed by atoms with E-state index in [4.69, 9.17) is 0 Å². The van der Waals surface area contributed by atoms with E-state index in [2.05, 4.69) is 0 Å². The van der Waals surface area contributed by atoms with Gasteiger partial charge in [-0.15, -0.1) is 11.8 Å². The fraction of sp³-hybridized carbons (Fsp3) is 0.429. The molecule has 0 aliphatic carbocycles. The molecule has 0 bridgehead atoms. The maximum absolute atomic E-state index is 11.1. The molecule has 0 aromatic rings. The normalized spacial score (nSPS) is 23.6. The summed E-state index contributed by atoms with van der Waals surface area (Å²) < 4.78 is 0. The smallest absolute Gasteiger partial charge is 0.235 e. The van der Waals surface area contributed by atoms with E-state index in [1.165, 1.54) is 0 Å². The van der Waals surface area contributed by atoms with E-state index in [-0.39, 0.29) is 18.1 Å². The van der Waals surface area contributed by atoms with Crippen LogP contribution in [0.3, 0.4) is 0 Å². The van der Waals surface area contributed by atoms with Crippen LogP contribution in [0.15, 0.2) is 11.1 Å². The van der Waals surface area contributed by atoms with Gasteiger partial charge in [-0.2, -0.15) is 0 Å². The zero-order valence-electron chi connectivity index (χ0n) is 5.87. The van der Waals surface area contributed by atoms with Crippen LogP contribution in [-0.2, 0) is 9.59 Å². The number of amides is 1. The first-order valence-electron chi connectivity index (χ1n) is 3.45. The molecule has 1 amide bonds. The highest BCUT2D eigenvalue weighted by Crippen LogP contribution is 2.30. The summed E-state index contributed by atoms with van der Waals surface area (Å²) in [5.41, 5.74) is 0. The summed E-state index contributed by atoms with van der Waals surface area (Å²) in [6, 6.07) is 0. The van der Waals surface area contributed by atoms with E-state index < -0.39 is 0 Å². The lowest BCUT2D eigenvalue weighted by Gasteiger charge is -2.19. The number of carbonyl (C=O) groups is 2. The van der Waals surface area contributed by atoms with Gasteiger partial charge in [0, 0.05) is 18.4 Å². The lowest BCUT2D eigenvalue weighted by molar-refractivity contribution is -0.133. The molecular formula is C7H7NO2S. The molecule has 3 nitrogen and oxygen atoms in total. The number of rotatable bonds is 0. The van der Waals surface area contributed by atoms with Gasteiger partial charge < -0.3 is 4.90 Å². The predicted octanol–water partition coefficient (Wildman–Crippen LogP) is 0.376. The molecule has 0 N–H and O–H groups in total. The summed E-state index contributed by atoms with van der Waals surface area (Å²) in [6.45, 7) is 0.766. The summed E-state index contributed by atoms with van der Waals surface area (Å²) >= 11 is 1.58. The van der Waals surface area contributed by atoms with Crippen molar-refractivity contribution < 1.29 is 9.59 Å². The van der Waals surface area contributed by atoms with Crippen LogP contribution in [0.4, 0.5) is 0 Å². The van der Waals surface area contributed by atoms with Crippen molar-refractivity contribution in [2.24, 2.45) is 0 Å². The minimum absolute atomic E-state index is 0.0440. The molecule has 1 fully saturated rings. The number of ketones is 1. The number of allylic oxidation sites excluding steroid dienone is 1. The average molecular weight is 169 g/mol. The summed E-state index contributed by atoms with van der Waals surface area (Å²) in [5.74, 6) is 0.818. The highest BCUT2D eigenvalue weighted by molar-refractivity contribution is 8.03. The van der Waals surface area contributed by atoms with Crippen molar-refractivity contribution in [2.75, 3.05) is 12.3 Å². The minimum Gasteiger partial charge on any atom is -0.305 e. The lowest BCUT2D eigenvalue weighted by atomic mass is 10.2. The molecule has 11 heavy (non-hydrogen) atoms. The Bertz CT molecular complexity index is 259. The average Bonchev–Trinajstić information content (AvgIpc) is 2.34. The van der Waals surface area contributed by atoms with Crippen LogP contribution in [0.25, 0.3) is 0 Å². The number of thioether (sulfide) groups is 1. The maximum atomic E-state index is 11.1. The number of carbonyl (C=O) groups excluding carboxylic acids is 2. The SMILES string of the molecule is O=C1C=C2SCCN2C(=O)C1. The van der Waals surface area contributed by atoms with Gasteiger partial charge in [-0.3, -0.25) is 9.59 Å². The molecule has 0 radical (unpaired) electrons. The van der Waals surface area contributed by atoms with E-state index in [9.17, 15) is 9.59 Å². The van der Waals surface area contributed by atoms with Crippen molar-refractivity contribution in [3.8, 4) is 0 Å². The van der Waals surface area contributed by atoms with E-state index in [0.717, 1.165) is 17.3 Å². The number of hydrogen-bond acceptors (Lipinski definition) is 3. The second-order valence-electron chi connectivity index (χ2n) is 2.52. The topological polar surface area (TPSA) is 37.4 Å². The minimum atomic E-state index is -0.0596. The third-order valence-electron chi connectivity index (χ3n) is 1.74. The van der Waals surface area contributed by atoms with Gasteiger partial charge in [0.1, 0.15) is 0 Å². The first-order valence-corrected chi connectivity index (χ1v) is 4.43. The highest BCUT2D eigenvalue weighted by Gasteiger charge is 2.29. The maximum Gasteiger partial charge on any atom is 0.235 e. The molecule has 2 aliphatic heterocycles. The van der Waals surface area contributed by atoms with Crippen LogP contribution >= 0.6 is 11.8 Å². The third kappa shape index (κ3) is 1.07. The van der Waals surface area contributed by atoms with Gasteiger partial charge in [-0.05, 0) is 0 Å². The molecule has 0 aromatic carbocycles. The van der Waals surface area contributed by atoms with E-state index in [1.54, 1.807) is 22.7 Å². The summed E-state index contributed by atoms with van der Waals surface area (Å²) in [5, 5.41) is 0.839. The van der Waals surface area contributed by atoms with Crippen molar-refractivity contribution in [1.29, 1.82) is 0 Å². The van der Waals surface area contributed by atoms with Crippen molar-refractivity contribution in [3.05, 3.63) is 11.1 Å². The van der Waals surface area contributed by atoms with Crippen LogP contribution in [0, 0.1) is 0 Å². The van der Waals surface area contributed by atoms with Gasteiger partial charge >= 0.3 is 0 Å². The fourth-order valence-corrected chi connectivity index (χ4v) is 2.28. The summed E-state index contributed by atoms with van der Waals surface area (Å²) in [6.07, 6.45) is 1.63. The molecular weight excluding hydrogens is 162 g/mol. The zero-order valence-corrected chi connectivity index (χ0v) is 6.69. The zero-order chi connectivity index (χ0) is 7.84. The Balaban J connectivity index is 2.34. The van der Waals surface area contributed by atoms with Crippen LogP contribution in [0.5, 0.6) is 0 Å². The first kappa shape index (κ1) is 6.91. The molecule has 0 saturated carbocycles. The molecule has 0 unspecified atom stereocenters. The molecule has 0 spiro atoms. The quantitative estimate of drug-likeness (QED) is 0.492. The van der Waals surface area contributed by atoms with E-state index in [0.29, 0.717) is 0 Å². The Morgan fingerprint density at radius 1 is 1.45 bits per heavy atom. The van der Waals surface area contributed by atoms with Crippen molar-refractivity contribution in [1.82, 2.24) is 4.90 Å². The molecule has 0 atom stereocenters. The van der Waals surface area contributed by atoms with Crippen LogP contribution in [0.2, 0.25) is 0 Å². The molecule has 58 valence electrons. The monoisotopic (exact) mass is 169 g/mol. The molecule has 4 heteroatoms. The highest BCUT2D eigenvalue weighted by atomic mass is 32.2. The van der Waals surface area contributed by atoms with Crippen molar-refractivity contribution in [3.63, 3.8) is 0 Å². The van der Waals surface area contributed by atoms with Gasteiger partial charge in [0.25, 0.3) is 0 Å². The van der Waals surface area contributed by atoms with Gasteiger partial charge in [0.2, 0.25) is 5.91 Å². The van der Waals surface area contributed by atoms with E-state index >= 15 is 0 Å². The van der Waals surface area contributed by atoms with Gasteiger partial charge in [-0.1, -0.05) is 0 Å². The molecule has 2 rings (SSSR count). The number of hydrogen-bond donors (Lipinski definition) is 0. The Labute approximate surface area is 68.4 Å². The Kier molecular flexibility index (Phi) is 1.49. The Hall–Kier alpha value is -0.770. The van der Waals surface area contributed by atoms with Crippen LogP contribution in [0.1, 0.15) is 6.42 Å². The van der Waals surface area contributed by atoms with Crippen molar-refractivity contribution >= 4 is 23.5 Å². The molecule has 2 aliphatic rings. The Morgan fingerprint density at radius 3 is 3.09 bits per heavy atom. The number of nitrogens with zero attached hydrogens (tertiary/aromatic N) is 1. The van der Waals surface area contributed by atoms with Gasteiger partial charge in [-0.25, -0.2) is 0 Å². The fourth-order valence-electron chi connectivity index (χ4n) is 1.23. The van der Waals surface area contributed by atoms with Crippen LogP contribution < -0.4 is 0 Å².